The van der Waals surface area contributed by atoms with E-state index in [1.54, 1.807) is 4.90 Å². The SMILES string of the molecule is CCN(Cc1cccc(Cl)c1)C(=O)COC. The number of rotatable bonds is 5. The lowest BCUT2D eigenvalue weighted by atomic mass is 10.2. The summed E-state index contributed by atoms with van der Waals surface area (Å²) < 4.78 is 4.83. The average molecular weight is 242 g/mol. The van der Waals surface area contributed by atoms with Crippen molar-refractivity contribution in [2.45, 2.75) is 13.5 Å². The van der Waals surface area contributed by atoms with Gasteiger partial charge >= 0.3 is 0 Å². The number of carbonyl (C=O) groups excluding carboxylic acids is 1. The third kappa shape index (κ3) is 3.83. The van der Waals surface area contributed by atoms with Gasteiger partial charge in [0.05, 0.1) is 0 Å². The predicted octanol–water partition coefficient (Wildman–Crippen LogP) is 2.33. The van der Waals surface area contributed by atoms with Crippen LogP contribution in [-0.2, 0) is 16.1 Å². The number of benzene rings is 1. The number of hydrogen-bond acceptors (Lipinski definition) is 2. The molecule has 0 aromatic heterocycles. The Morgan fingerprint density at radius 2 is 2.25 bits per heavy atom. The second kappa shape index (κ2) is 6.51. The van der Waals surface area contributed by atoms with Crippen molar-refractivity contribution in [1.82, 2.24) is 4.90 Å². The lowest BCUT2D eigenvalue weighted by Crippen LogP contribution is -2.33. The third-order valence-electron chi connectivity index (χ3n) is 2.26. The van der Waals surface area contributed by atoms with E-state index in [0.717, 1.165) is 5.56 Å². The molecule has 1 aromatic rings. The highest BCUT2D eigenvalue weighted by atomic mass is 35.5. The molecule has 0 aliphatic heterocycles. The molecule has 0 aliphatic carbocycles. The van der Waals surface area contributed by atoms with Gasteiger partial charge in [-0.3, -0.25) is 4.79 Å². The van der Waals surface area contributed by atoms with E-state index in [-0.39, 0.29) is 12.5 Å². The van der Waals surface area contributed by atoms with Crippen molar-refractivity contribution in [2.75, 3.05) is 20.3 Å². The molecule has 0 N–H and O–H groups in total. The fourth-order valence-corrected chi connectivity index (χ4v) is 1.66. The van der Waals surface area contributed by atoms with E-state index in [0.29, 0.717) is 18.1 Å². The van der Waals surface area contributed by atoms with Crippen LogP contribution in [-0.4, -0.2) is 31.1 Å². The maximum atomic E-state index is 11.6. The van der Waals surface area contributed by atoms with Gasteiger partial charge < -0.3 is 9.64 Å². The Labute approximate surface area is 101 Å². The normalized spacial score (nSPS) is 10.2. The monoisotopic (exact) mass is 241 g/mol. The minimum absolute atomic E-state index is 0.00928. The van der Waals surface area contributed by atoms with Gasteiger partial charge in [0.15, 0.2) is 0 Å². The second-order valence-electron chi connectivity index (χ2n) is 3.47. The van der Waals surface area contributed by atoms with Gasteiger partial charge in [-0.05, 0) is 24.6 Å². The lowest BCUT2D eigenvalue weighted by molar-refractivity contribution is -0.135. The molecule has 0 saturated heterocycles. The van der Waals surface area contributed by atoms with Crippen molar-refractivity contribution in [3.63, 3.8) is 0 Å². The van der Waals surface area contributed by atoms with Crippen molar-refractivity contribution in [1.29, 1.82) is 0 Å². The third-order valence-corrected chi connectivity index (χ3v) is 2.50. The molecule has 0 heterocycles. The van der Waals surface area contributed by atoms with E-state index in [4.69, 9.17) is 16.3 Å². The molecule has 4 heteroatoms. The molecule has 0 saturated carbocycles. The number of methoxy groups -OCH3 is 1. The summed E-state index contributed by atoms with van der Waals surface area (Å²) in [5.74, 6) is -0.00928. The number of carbonyl (C=O) groups is 1. The van der Waals surface area contributed by atoms with Crippen LogP contribution in [0.2, 0.25) is 5.02 Å². The number of hydrogen-bond donors (Lipinski definition) is 0. The Hall–Kier alpha value is -1.06. The standard InChI is InChI=1S/C12H16ClNO2/c1-3-14(12(15)9-16-2)8-10-5-4-6-11(13)7-10/h4-7H,3,8-9H2,1-2H3. The molecule has 0 atom stereocenters. The average Bonchev–Trinajstić information content (AvgIpc) is 2.26. The van der Waals surface area contributed by atoms with Gasteiger partial charge in [-0.25, -0.2) is 0 Å². The highest BCUT2D eigenvalue weighted by Gasteiger charge is 2.11. The Kier molecular flexibility index (Phi) is 5.29. The molecular weight excluding hydrogens is 226 g/mol. The molecule has 0 bridgehead atoms. The topological polar surface area (TPSA) is 29.5 Å². The largest absolute Gasteiger partial charge is 0.375 e. The van der Waals surface area contributed by atoms with Crippen LogP contribution in [0, 0.1) is 0 Å². The Morgan fingerprint density at radius 1 is 1.50 bits per heavy atom. The first-order chi connectivity index (χ1) is 7.67. The first-order valence-corrected chi connectivity index (χ1v) is 5.56. The van der Waals surface area contributed by atoms with Crippen LogP contribution in [0.4, 0.5) is 0 Å². The molecule has 0 radical (unpaired) electrons. The summed E-state index contributed by atoms with van der Waals surface area (Å²) in [7, 11) is 1.52. The van der Waals surface area contributed by atoms with Crippen molar-refractivity contribution < 1.29 is 9.53 Å². The molecule has 0 fully saturated rings. The smallest absolute Gasteiger partial charge is 0.248 e. The summed E-state index contributed by atoms with van der Waals surface area (Å²) >= 11 is 5.88. The number of nitrogens with zero attached hydrogens (tertiary/aromatic N) is 1. The van der Waals surface area contributed by atoms with E-state index >= 15 is 0 Å². The van der Waals surface area contributed by atoms with E-state index in [2.05, 4.69) is 0 Å². The van der Waals surface area contributed by atoms with Crippen LogP contribution in [0.25, 0.3) is 0 Å². The molecule has 3 nitrogen and oxygen atoms in total. The number of amides is 1. The molecule has 1 aromatic carbocycles. The van der Waals surface area contributed by atoms with Gasteiger partial charge in [0.2, 0.25) is 5.91 Å². The highest BCUT2D eigenvalue weighted by Crippen LogP contribution is 2.12. The second-order valence-corrected chi connectivity index (χ2v) is 3.91. The van der Waals surface area contributed by atoms with Crippen LogP contribution in [0.1, 0.15) is 12.5 Å². The van der Waals surface area contributed by atoms with Gasteiger partial charge in [-0.2, -0.15) is 0 Å². The van der Waals surface area contributed by atoms with Crippen LogP contribution >= 0.6 is 11.6 Å². The highest BCUT2D eigenvalue weighted by molar-refractivity contribution is 6.30. The number of likely N-dealkylation sites (N-methyl/N-ethyl adjacent to an activating group) is 1. The van der Waals surface area contributed by atoms with Crippen LogP contribution in [0.5, 0.6) is 0 Å². The van der Waals surface area contributed by atoms with E-state index < -0.39 is 0 Å². The zero-order valence-corrected chi connectivity index (χ0v) is 10.3. The number of ether oxygens (including phenoxy) is 1. The van der Waals surface area contributed by atoms with Gasteiger partial charge in [0.1, 0.15) is 6.61 Å². The molecule has 88 valence electrons. The summed E-state index contributed by atoms with van der Waals surface area (Å²) in [5.41, 5.74) is 1.03. The maximum Gasteiger partial charge on any atom is 0.248 e. The van der Waals surface area contributed by atoms with Gasteiger partial charge in [0, 0.05) is 25.2 Å². The summed E-state index contributed by atoms with van der Waals surface area (Å²) in [5, 5.41) is 0.688. The maximum absolute atomic E-state index is 11.6. The summed E-state index contributed by atoms with van der Waals surface area (Å²) in [6.45, 7) is 3.29. The van der Waals surface area contributed by atoms with Crippen molar-refractivity contribution in [2.24, 2.45) is 0 Å². The molecule has 0 unspecified atom stereocenters. The molecule has 16 heavy (non-hydrogen) atoms. The molecular formula is C12H16ClNO2. The van der Waals surface area contributed by atoms with Gasteiger partial charge in [0.25, 0.3) is 0 Å². The quantitative estimate of drug-likeness (QED) is 0.792. The minimum atomic E-state index is -0.00928. The summed E-state index contributed by atoms with van der Waals surface area (Å²) in [6.07, 6.45) is 0. The van der Waals surface area contributed by atoms with E-state index in [1.807, 2.05) is 31.2 Å². The van der Waals surface area contributed by atoms with E-state index in [1.165, 1.54) is 7.11 Å². The van der Waals surface area contributed by atoms with Crippen LogP contribution in [0.15, 0.2) is 24.3 Å². The molecule has 0 spiro atoms. The predicted molar refractivity (Wildman–Crippen MR) is 64.4 cm³/mol. The summed E-state index contributed by atoms with van der Waals surface area (Å²) in [6, 6.07) is 7.52. The Balaban J connectivity index is 2.66. The fraction of sp³-hybridized carbons (Fsp3) is 0.417. The zero-order valence-electron chi connectivity index (χ0n) is 9.57. The van der Waals surface area contributed by atoms with Crippen molar-refractivity contribution >= 4 is 17.5 Å². The zero-order chi connectivity index (χ0) is 12.0. The minimum Gasteiger partial charge on any atom is -0.375 e. The van der Waals surface area contributed by atoms with E-state index in [9.17, 15) is 4.79 Å². The summed E-state index contributed by atoms with van der Waals surface area (Å²) in [4.78, 5) is 13.4. The lowest BCUT2D eigenvalue weighted by Gasteiger charge is -2.20. The number of halogens is 1. The van der Waals surface area contributed by atoms with Crippen molar-refractivity contribution in [3.05, 3.63) is 34.9 Å². The first-order valence-electron chi connectivity index (χ1n) is 5.18. The fourth-order valence-electron chi connectivity index (χ4n) is 1.45. The van der Waals surface area contributed by atoms with Crippen LogP contribution in [0.3, 0.4) is 0 Å². The molecule has 1 amide bonds. The first kappa shape index (κ1) is 13.0. The Morgan fingerprint density at radius 3 is 2.81 bits per heavy atom. The van der Waals surface area contributed by atoms with Crippen LogP contribution < -0.4 is 0 Å². The van der Waals surface area contributed by atoms with Crippen molar-refractivity contribution in [3.8, 4) is 0 Å². The molecule has 0 aliphatic rings. The Bertz CT molecular complexity index is 355. The molecule has 1 rings (SSSR count). The van der Waals surface area contributed by atoms with Gasteiger partial charge in [-0.1, -0.05) is 23.7 Å². The van der Waals surface area contributed by atoms with Gasteiger partial charge in [-0.15, -0.1) is 0 Å².